The van der Waals surface area contributed by atoms with Gasteiger partial charge in [0.05, 0.1) is 0 Å². The Morgan fingerprint density at radius 3 is 2.09 bits per heavy atom. The van der Waals surface area contributed by atoms with E-state index < -0.39 is 0 Å². The highest BCUT2D eigenvalue weighted by Crippen LogP contribution is 2.34. The smallest absolute Gasteiger partial charge is 0.135 e. The zero-order valence-corrected chi connectivity index (χ0v) is 16.4. The Bertz CT molecular complexity index is 299. The topological polar surface area (TPSA) is 17.1 Å². The highest BCUT2D eigenvalue weighted by Gasteiger charge is 2.27. The Hall–Kier alpha value is -0.330. The first kappa shape index (κ1) is 20.7. The monoisotopic (exact) mass is 322 g/mol. The maximum Gasteiger partial charge on any atom is 0.135 e. The average molecular weight is 323 g/mol. The molecule has 1 aliphatic carbocycles. The van der Waals surface area contributed by atoms with E-state index in [1.165, 1.54) is 57.8 Å². The molecule has 0 aromatic rings. The van der Waals surface area contributed by atoms with Gasteiger partial charge in [0.2, 0.25) is 0 Å². The molecule has 0 spiro atoms. The summed E-state index contributed by atoms with van der Waals surface area (Å²) in [7, 11) is 0. The van der Waals surface area contributed by atoms with Gasteiger partial charge in [0, 0.05) is 12.3 Å². The largest absolute Gasteiger partial charge is 0.299 e. The number of hydrogen-bond donors (Lipinski definition) is 0. The van der Waals surface area contributed by atoms with Crippen LogP contribution in [0.1, 0.15) is 111 Å². The van der Waals surface area contributed by atoms with Crippen LogP contribution in [0.25, 0.3) is 0 Å². The molecular formula is C22H42O. The third-order valence-electron chi connectivity index (χ3n) is 6.12. The van der Waals surface area contributed by atoms with Crippen molar-refractivity contribution in [1.29, 1.82) is 0 Å². The van der Waals surface area contributed by atoms with E-state index in [2.05, 4.69) is 27.7 Å². The molecule has 0 heterocycles. The molecule has 0 bridgehead atoms. The van der Waals surface area contributed by atoms with Crippen molar-refractivity contribution in [3.8, 4) is 0 Å². The molecule has 1 aliphatic rings. The van der Waals surface area contributed by atoms with E-state index in [0.29, 0.717) is 11.7 Å². The van der Waals surface area contributed by atoms with Crippen molar-refractivity contribution in [3.05, 3.63) is 0 Å². The third kappa shape index (κ3) is 8.36. The minimum atomic E-state index is 0.400. The number of hydrogen-bond acceptors (Lipinski definition) is 1. The standard InChI is InChI=1S/C22H42O/c1-5-7-11-19(10-6-2)12-8-9-13-22(23)21-16-14-20(15-17-21)18(3)4/h18-21H,5-17H2,1-4H3. The van der Waals surface area contributed by atoms with Crippen molar-refractivity contribution in [1.82, 2.24) is 0 Å². The molecule has 1 fully saturated rings. The van der Waals surface area contributed by atoms with E-state index in [9.17, 15) is 4.79 Å². The molecule has 0 aromatic heterocycles. The molecule has 0 aliphatic heterocycles. The molecule has 0 saturated heterocycles. The van der Waals surface area contributed by atoms with Gasteiger partial charge < -0.3 is 0 Å². The van der Waals surface area contributed by atoms with Crippen molar-refractivity contribution >= 4 is 5.78 Å². The summed E-state index contributed by atoms with van der Waals surface area (Å²) in [4.78, 5) is 12.4. The van der Waals surface area contributed by atoms with E-state index in [-0.39, 0.29) is 0 Å². The van der Waals surface area contributed by atoms with Crippen LogP contribution >= 0.6 is 0 Å². The number of ketones is 1. The predicted molar refractivity (Wildman–Crippen MR) is 102 cm³/mol. The second kappa shape index (κ2) is 12.1. The quantitative estimate of drug-likeness (QED) is 0.348. The molecule has 0 amide bonds. The number of unbranched alkanes of at least 4 members (excludes halogenated alkanes) is 2. The molecule has 1 unspecified atom stereocenters. The average Bonchev–Trinajstić information content (AvgIpc) is 2.56. The lowest BCUT2D eigenvalue weighted by Crippen LogP contribution is -2.24. The summed E-state index contributed by atoms with van der Waals surface area (Å²) in [5.41, 5.74) is 0. The predicted octanol–water partition coefficient (Wildman–Crippen LogP) is 7.18. The van der Waals surface area contributed by atoms with Crippen molar-refractivity contribution in [2.24, 2.45) is 23.7 Å². The zero-order valence-electron chi connectivity index (χ0n) is 16.4. The summed E-state index contributed by atoms with van der Waals surface area (Å²) in [6.45, 7) is 9.25. The van der Waals surface area contributed by atoms with Crippen molar-refractivity contribution in [3.63, 3.8) is 0 Å². The molecule has 1 rings (SSSR count). The van der Waals surface area contributed by atoms with Gasteiger partial charge in [-0.05, 0) is 49.9 Å². The van der Waals surface area contributed by atoms with Gasteiger partial charge in [-0.3, -0.25) is 4.79 Å². The van der Waals surface area contributed by atoms with Gasteiger partial charge in [0.25, 0.3) is 0 Å². The molecule has 1 atom stereocenters. The van der Waals surface area contributed by atoms with Crippen LogP contribution in [0.4, 0.5) is 0 Å². The Kier molecular flexibility index (Phi) is 10.9. The summed E-state index contributed by atoms with van der Waals surface area (Å²) in [5, 5.41) is 0. The minimum absolute atomic E-state index is 0.400. The summed E-state index contributed by atoms with van der Waals surface area (Å²) < 4.78 is 0. The van der Waals surface area contributed by atoms with Crippen molar-refractivity contribution in [2.45, 2.75) is 111 Å². The Morgan fingerprint density at radius 2 is 1.52 bits per heavy atom. The third-order valence-corrected chi connectivity index (χ3v) is 6.12. The number of Topliss-reactive ketones (excluding diaryl/α,β-unsaturated/α-hetero) is 1. The van der Waals surface area contributed by atoms with E-state index in [0.717, 1.165) is 43.4 Å². The van der Waals surface area contributed by atoms with E-state index >= 15 is 0 Å². The van der Waals surface area contributed by atoms with E-state index in [1.807, 2.05) is 0 Å². The normalized spacial score (nSPS) is 23.2. The first-order valence-electron chi connectivity index (χ1n) is 10.6. The van der Waals surface area contributed by atoms with Gasteiger partial charge >= 0.3 is 0 Å². The Morgan fingerprint density at radius 1 is 0.870 bits per heavy atom. The Labute approximate surface area is 146 Å². The van der Waals surface area contributed by atoms with E-state index in [1.54, 1.807) is 0 Å². The maximum absolute atomic E-state index is 12.4. The highest BCUT2D eigenvalue weighted by atomic mass is 16.1. The molecule has 1 saturated carbocycles. The zero-order chi connectivity index (χ0) is 17.1. The SMILES string of the molecule is CCCCC(CCC)CCCCC(=O)C1CCC(C(C)C)CC1. The first-order chi connectivity index (χ1) is 11.1. The maximum atomic E-state index is 12.4. The molecule has 1 nitrogen and oxygen atoms in total. The molecule has 0 radical (unpaired) electrons. The minimum Gasteiger partial charge on any atom is -0.299 e. The van der Waals surface area contributed by atoms with Crippen LogP contribution in [0, 0.1) is 23.7 Å². The van der Waals surface area contributed by atoms with Crippen LogP contribution in [0.15, 0.2) is 0 Å². The highest BCUT2D eigenvalue weighted by molar-refractivity contribution is 5.81. The van der Waals surface area contributed by atoms with E-state index in [4.69, 9.17) is 0 Å². The fraction of sp³-hybridized carbons (Fsp3) is 0.955. The second-order valence-corrected chi connectivity index (χ2v) is 8.36. The lowest BCUT2D eigenvalue weighted by atomic mass is 9.75. The summed E-state index contributed by atoms with van der Waals surface area (Å²) in [5.74, 6) is 3.55. The summed E-state index contributed by atoms with van der Waals surface area (Å²) in [6, 6.07) is 0. The van der Waals surface area contributed by atoms with Gasteiger partial charge in [-0.2, -0.15) is 0 Å². The van der Waals surface area contributed by atoms with Gasteiger partial charge in [0.15, 0.2) is 0 Å². The summed E-state index contributed by atoms with van der Waals surface area (Å²) >= 11 is 0. The van der Waals surface area contributed by atoms with Crippen LogP contribution < -0.4 is 0 Å². The lowest BCUT2D eigenvalue weighted by Gasteiger charge is -2.30. The molecular weight excluding hydrogens is 280 g/mol. The fourth-order valence-electron chi connectivity index (χ4n) is 4.38. The number of rotatable bonds is 12. The summed E-state index contributed by atoms with van der Waals surface area (Å²) in [6.07, 6.45) is 16.3. The molecule has 0 N–H and O–H groups in total. The van der Waals surface area contributed by atoms with Crippen LogP contribution in [-0.2, 0) is 4.79 Å². The van der Waals surface area contributed by atoms with Crippen molar-refractivity contribution < 1.29 is 4.79 Å². The fourth-order valence-corrected chi connectivity index (χ4v) is 4.38. The molecule has 136 valence electrons. The molecule has 23 heavy (non-hydrogen) atoms. The first-order valence-corrected chi connectivity index (χ1v) is 10.6. The van der Waals surface area contributed by atoms with Crippen molar-refractivity contribution in [2.75, 3.05) is 0 Å². The van der Waals surface area contributed by atoms with Crippen LogP contribution in [0.3, 0.4) is 0 Å². The van der Waals surface area contributed by atoms with Gasteiger partial charge in [-0.1, -0.05) is 72.6 Å². The van der Waals surface area contributed by atoms with Gasteiger partial charge in [-0.25, -0.2) is 0 Å². The molecule has 0 aromatic carbocycles. The Balaban J connectivity index is 2.16. The van der Waals surface area contributed by atoms with Gasteiger partial charge in [-0.15, -0.1) is 0 Å². The van der Waals surface area contributed by atoms with Gasteiger partial charge in [0.1, 0.15) is 5.78 Å². The number of carbonyl (C=O) groups excluding carboxylic acids is 1. The molecule has 1 heteroatoms. The lowest BCUT2D eigenvalue weighted by molar-refractivity contribution is -0.124. The van der Waals surface area contributed by atoms with Crippen LogP contribution in [0.5, 0.6) is 0 Å². The second-order valence-electron chi connectivity index (χ2n) is 8.36. The van der Waals surface area contributed by atoms with Crippen LogP contribution in [0.2, 0.25) is 0 Å². The number of carbonyl (C=O) groups is 1. The van der Waals surface area contributed by atoms with Crippen LogP contribution in [-0.4, -0.2) is 5.78 Å².